The molecule has 2 aliphatic heterocycles. The molecule has 2 rings (SSSR count). The summed E-state index contributed by atoms with van der Waals surface area (Å²) in [6.07, 6.45) is -0.869. The average Bonchev–Trinajstić information content (AvgIpc) is 2.98. The highest BCUT2D eigenvalue weighted by atomic mass is 17.0. The summed E-state index contributed by atoms with van der Waals surface area (Å²) in [6, 6.07) is -0.0427. The van der Waals surface area contributed by atoms with Gasteiger partial charge in [-0.1, -0.05) is 6.92 Å². The van der Waals surface area contributed by atoms with Crippen molar-refractivity contribution in [2.45, 2.75) is 37.7 Å². The lowest BCUT2D eigenvalue weighted by Gasteiger charge is -2.17. The molecular weight excluding hydrogens is 270 g/mol. The number of rotatable bonds is 7. The number of amides is 1. The monoisotopic (exact) mass is 289 g/mol. The molecule has 0 aromatic carbocycles. The largest absolute Gasteiger partial charge is 0.371 e. The topological polar surface area (TPSA) is 112 Å². The Balaban J connectivity index is 1.71. The smallest absolute Gasteiger partial charge is 0.294 e. The Morgan fingerprint density at radius 1 is 1.35 bits per heavy atom. The molecule has 114 valence electrons. The number of ether oxygens (including phenoxy) is 2. The van der Waals surface area contributed by atoms with Crippen LogP contribution in [0, 0.1) is 10.1 Å². The molecule has 4 atom stereocenters. The third-order valence-electron chi connectivity index (χ3n) is 3.40. The predicted octanol–water partition coefficient (Wildman–Crippen LogP) is -1.15. The summed E-state index contributed by atoms with van der Waals surface area (Å²) in [6.45, 7) is 3.47. The van der Waals surface area contributed by atoms with Gasteiger partial charge in [-0.2, -0.15) is 0 Å². The molecule has 2 saturated heterocycles. The van der Waals surface area contributed by atoms with Crippen molar-refractivity contribution in [3.8, 4) is 0 Å². The molecule has 20 heavy (non-hydrogen) atoms. The SMILES string of the molecule is CCC(=O)NCCN[C@@H]1CO[C@H]2[C@@H]1OC[C@@H]2O[N+](=O)[O-]. The number of hydrogen-bond acceptors (Lipinski definition) is 7. The van der Waals surface area contributed by atoms with Crippen LogP contribution >= 0.6 is 0 Å². The molecule has 0 spiro atoms. The van der Waals surface area contributed by atoms with Crippen molar-refractivity contribution in [3.05, 3.63) is 10.1 Å². The van der Waals surface area contributed by atoms with Crippen molar-refractivity contribution < 1.29 is 24.2 Å². The van der Waals surface area contributed by atoms with Gasteiger partial charge in [-0.15, -0.1) is 10.1 Å². The molecule has 9 nitrogen and oxygen atoms in total. The van der Waals surface area contributed by atoms with Gasteiger partial charge in [-0.25, -0.2) is 0 Å². The molecule has 0 saturated carbocycles. The van der Waals surface area contributed by atoms with Crippen LogP contribution in [0.15, 0.2) is 0 Å². The molecule has 0 radical (unpaired) electrons. The van der Waals surface area contributed by atoms with Crippen molar-refractivity contribution in [1.29, 1.82) is 0 Å². The standard InChI is InChI=1S/C11H19N3O6/c1-2-9(15)13-4-3-12-7-5-18-11-8(20-14(16)17)6-19-10(7)11/h7-8,10-12H,2-6H2,1H3,(H,13,15)/t7-,8+,10-,11-/m1/s1. The van der Waals surface area contributed by atoms with E-state index in [1.807, 2.05) is 0 Å². The molecule has 0 aliphatic carbocycles. The minimum atomic E-state index is -0.819. The second kappa shape index (κ2) is 6.82. The lowest BCUT2D eigenvalue weighted by Crippen LogP contribution is -2.44. The maximum absolute atomic E-state index is 11.1. The summed E-state index contributed by atoms with van der Waals surface area (Å²) in [5.41, 5.74) is 0. The van der Waals surface area contributed by atoms with Crippen LogP contribution in [0.3, 0.4) is 0 Å². The molecule has 9 heteroatoms. The molecule has 0 bridgehead atoms. The van der Waals surface area contributed by atoms with Crippen LogP contribution in [0.25, 0.3) is 0 Å². The van der Waals surface area contributed by atoms with E-state index in [9.17, 15) is 14.9 Å². The Bertz CT molecular complexity index is 366. The Kier molecular flexibility index (Phi) is 5.10. The summed E-state index contributed by atoms with van der Waals surface area (Å²) in [5.74, 6) is 0.00362. The number of hydrogen-bond donors (Lipinski definition) is 2. The summed E-state index contributed by atoms with van der Waals surface area (Å²) >= 11 is 0. The van der Waals surface area contributed by atoms with Gasteiger partial charge in [0.15, 0.2) is 6.10 Å². The van der Waals surface area contributed by atoms with Crippen molar-refractivity contribution in [3.63, 3.8) is 0 Å². The van der Waals surface area contributed by atoms with E-state index in [1.54, 1.807) is 6.92 Å². The zero-order valence-corrected chi connectivity index (χ0v) is 11.2. The lowest BCUT2D eigenvalue weighted by atomic mass is 10.1. The fraction of sp³-hybridized carbons (Fsp3) is 0.909. The first-order valence-corrected chi connectivity index (χ1v) is 6.66. The van der Waals surface area contributed by atoms with Gasteiger partial charge in [-0.3, -0.25) is 4.79 Å². The van der Waals surface area contributed by atoms with Crippen LogP contribution in [-0.4, -0.2) is 61.7 Å². The van der Waals surface area contributed by atoms with Gasteiger partial charge in [-0.05, 0) is 0 Å². The molecule has 2 heterocycles. The number of fused-ring (bicyclic) bond motifs is 1. The van der Waals surface area contributed by atoms with E-state index >= 15 is 0 Å². The van der Waals surface area contributed by atoms with Crippen LogP contribution in [0.1, 0.15) is 13.3 Å². The molecule has 2 N–H and O–H groups in total. The van der Waals surface area contributed by atoms with Gasteiger partial charge >= 0.3 is 0 Å². The van der Waals surface area contributed by atoms with E-state index in [0.717, 1.165) is 0 Å². The fourth-order valence-electron chi connectivity index (χ4n) is 2.42. The Morgan fingerprint density at radius 3 is 2.80 bits per heavy atom. The molecule has 0 unspecified atom stereocenters. The number of nitrogens with one attached hydrogen (secondary N) is 2. The van der Waals surface area contributed by atoms with Crippen LogP contribution in [0.2, 0.25) is 0 Å². The van der Waals surface area contributed by atoms with Crippen molar-refractivity contribution in [2.24, 2.45) is 0 Å². The van der Waals surface area contributed by atoms with Gasteiger partial charge in [0.25, 0.3) is 5.09 Å². The lowest BCUT2D eigenvalue weighted by molar-refractivity contribution is -0.769. The normalized spacial score (nSPS) is 31.9. The fourth-order valence-corrected chi connectivity index (χ4v) is 2.42. The van der Waals surface area contributed by atoms with E-state index in [4.69, 9.17) is 9.47 Å². The van der Waals surface area contributed by atoms with E-state index in [2.05, 4.69) is 15.5 Å². The van der Waals surface area contributed by atoms with Crippen LogP contribution in [0.4, 0.5) is 0 Å². The highest BCUT2D eigenvalue weighted by molar-refractivity contribution is 5.75. The first kappa shape index (κ1) is 14.9. The second-order valence-corrected chi connectivity index (χ2v) is 4.73. The maximum atomic E-state index is 11.1. The Labute approximate surface area is 116 Å². The quantitative estimate of drug-likeness (QED) is 0.345. The van der Waals surface area contributed by atoms with Gasteiger partial charge in [0.05, 0.1) is 19.3 Å². The molecule has 2 aliphatic rings. The Hall–Kier alpha value is -1.45. The van der Waals surface area contributed by atoms with Gasteiger partial charge in [0, 0.05) is 19.5 Å². The van der Waals surface area contributed by atoms with E-state index < -0.39 is 17.3 Å². The van der Waals surface area contributed by atoms with E-state index in [-0.39, 0.29) is 24.7 Å². The third kappa shape index (κ3) is 3.56. The predicted molar refractivity (Wildman–Crippen MR) is 66.4 cm³/mol. The number of carbonyl (C=O) groups excluding carboxylic acids is 1. The van der Waals surface area contributed by atoms with Crippen molar-refractivity contribution in [2.75, 3.05) is 26.3 Å². The highest BCUT2D eigenvalue weighted by Crippen LogP contribution is 2.28. The van der Waals surface area contributed by atoms with Crippen LogP contribution in [-0.2, 0) is 19.1 Å². The molecular formula is C11H19N3O6. The average molecular weight is 289 g/mol. The molecule has 2 fully saturated rings. The van der Waals surface area contributed by atoms with Gasteiger partial charge < -0.3 is 24.9 Å². The first-order chi connectivity index (χ1) is 9.61. The number of carbonyl (C=O) groups is 1. The Morgan fingerprint density at radius 2 is 2.10 bits per heavy atom. The van der Waals surface area contributed by atoms with Crippen LogP contribution < -0.4 is 10.6 Å². The minimum Gasteiger partial charge on any atom is -0.371 e. The molecule has 0 aromatic heterocycles. The summed E-state index contributed by atoms with van der Waals surface area (Å²) < 4.78 is 11.0. The minimum absolute atomic E-state index is 0.00362. The first-order valence-electron chi connectivity index (χ1n) is 6.66. The second-order valence-electron chi connectivity index (χ2n) is 4.73. The van der Waals surface area contributed by atoms with Gasteiger partial charge in [0.1, 0.15) is 12.2 Å². The van der Waals surface area contributed by atoms with Crippen molar-refractivity contribution in [1.82, 2.24) is 10.6 Å². The number of nitrogens with zero attached hydrogens (tertiary/aromatic N) is 1. The summed E-state index contributed by atoms with van der Waals surface area (Å²) in [4.78, 5) is 25.9. The van der Waals surface area contributed by atoms with Crippen molar-refractivity contribution >= 4 is 5.91 Å². The molecule has 1 amide bonds. The molecule has 0 aromatic rings. The zero-order valence-electron chi connectivity index (χ0n) is 11.2. The zero-order chi connectivity index (χ0) is 14.5. The maximum Gasteiger partial charge on any atom is 0.294 e. The summed E-state index contributed by atoms with van der Waals surface area (Å²) in [7, 11) is 0. The summed E-state index contributed by atoms with van der Waals surface area (Å²) in [5, 5.41) is 15.5. The van der Waals surface area contributed by atoms with E-state index in [1.165, 1.54) is 0 Å². The van der Waals surface area contributed by atoms with E-state index in [0.29, 0.717) is 26.1 Å². The van der Waals surface area contributed by atoms with Crippen LogP contribution in [0.5, 0.6) is 0 Å². The van der Waals surface area contributed by atoms with Gasteiger partial charge in [0.2, 0.25) is 5.91 Å². The third-order valence-corrected chi connectivity index (χ3v) is 3.40. The highest BCUT2D eigenvalue weighted by Gasteiger charge is 2.49.